The van der Waals surface area contributed by atoms with Gasteiger partial charge in [0.2, 0.25) is 5.89 Å². The van der Waals surface area contributed by atoms with Gasteiger partial charge in [-0.25, -0.2) is 0 Å². The van der Waals surface area contributed by atoms with Crippen LogP contribution in [0.4, 0.5) is 0 Å². The highest BCUT2D eigenvalue weighted by atomic mass is 16.5. The third-order valence-corrected chi connectivity index (χ3v) is 2.10. The molecule has 1 aliphatic rings. The predicted octanol–water partition coefficient (Wildman–Crippen LogP) is 1.27. The second-order valence-corrected chi connectivity index (χ2v) is 3.18. The first kappa shape index (κ1) is 7.73. The molecule has 0 spiro atoms. The molecule has 1 N–H and O–H groups in total. The van der Waals surface area contributed by atoms with E-state index >= 15 is 0 Å². The highest BCUT2D eigenvalue weighted by Crippen LogP contribution is 2.24. The molecule has 4 nitrogen and oxygen atoms in total. The first-order valence-electron chi connectivity index (χ1n) is 4.42. The van der Waals surface area contributed by atoms with Crippen LogP contribution in [0.3, 0.4) is 0 Å². The van der Waals surface area contributed by atoms with Gasteiger partial charge in [-0.2, -0.15) is 4.98 Å². The Morgan fingerprint density at radius 3 is 3.08 bits per heavy atom. The summed E-state index contributed by atoms with van der Waals surface area (Å²) in [5, 5.41) is 7.04. The van der Waals surface area contributed by atoms with E-state index in [1.165, 1.54) is 19.2 Å². The second-order valence-electron chi connectivity index (χ2n) is 3.18. The van der Waals surface area contributed by atoms with Crippen molar-refractivity contribution in [3.05, 3.63) is 12.2 Å². The van der Waals surface area contributed by atoms with Crippen molar-refractivity contribution in [2.24, 2.45) is 0 Å². The SMILES string of the molecule is CCC(NC1CC1)c1ncno1. The lowest BCUT2D eigenvalue weighted by atomic mass is 10.2. The molecular formula is C8H13N3O. The number of aromatic nitrogens is 2. The smallest absolute Gasteiger partial charge is 0.243 e. The van der Waals surface area contributed by atoms with Crippen molar-refractivity contribution in [2.45, 2.75) is 38.3 Å². The average molecular weight is 167 g/mol. The van der Waals surface area contributed by atoms with Gasteiger partial charge in [0.05, 0.1) is 6.04 Å². The Morgan fingerprint density at radius 2 is 2.58 bits per heavy atom. The molecule has 1 aliphatic carbocycles. The fourth-order valence-electron chi connectivity index (χ4n) is 1.23. The lowest BCUT2D eigenvalue weighted by Crippen LogP contribution is -2.22. The van der Waals surface area contributed by atoms with Crippen molar-refractivity contribution in [1.29, 1.82) is 0 Å². The van der Waals surface area contributed by atoms with Crippen LogP contribution in [-0.4, -0.2) is 16.2 Å². The molecule has 0 bridgehead atoms. The van der Waals surface area contributed by atoms with Crippen molar-refractivity contribution >= 4 is 0 Å². The summed E-state index contributed by atoms with van der Waals surface area (Å²) in [5.41, 5.74) is 0. The Bertz CT molecular complexity index is 230. The van der Waals surface area contributed by atoms with E-state index in [9.17, 15) is 0 Å². The molecule has 2 rings (SSSR count). The zero-order chi connectivity index (χ0) is 8.39. The van der Waals surface area contributed by atoms with E-state index in [1.807, 2.05) is 0 Å². The van der Waals surface area contributed by atoms with Crippen LogP contribution in [0.2, 0.25) is 0 Å². The monoisotopic (exact) mass is 167 g/mol. The first-order chi connectivity index (χ1) is 5.90. The summed E-state index contributed by atoms with van der Waals surface area (Å²) in [7, 11) is 0. The van der Waals surface area contributed by atoms with E-state index < -0.39 is 0 Å². The van der Waals surface area contributed by atoms with E-state index in [1.54, 1.807) is 0 Å². The molecule has 1 aromatic heterocycles. The standard InChI is InChI=1S/C8H13N3O/c1-2-7(11-6-3-4-6)8-9-5-10-12-8/h5-7,11H,2-4H2,1H3. The third-order valence-electron chi connectivity index (χ3n) is 2.10. The number of rotatable bonds is 4. The van der Waals surface area contributed by atoms with Crippen molar-refractivity contribution in [3.8, 4) is 0 Å². The summed E-state index contributed by atoms with van der Waals surface area (Å²) in [5.74, 6) is 0.712. The van der Waals surface area contributed by atoms with Gasteiger partial charge in [0.15, 0.2) is 6.33 Å². The van der Waals surface area contributed by atoms with Crippen molar-refractivity contribution in [1.82, 2.24) is 15.5 Å². The first-order valence-corrected chi connectivity index (χ1v) is 4.42. The Morgan fingerprint density at radius 1 is 1.75 bits per heavy atom. The molecule has 0 aliphatic heterocycles. The Labute approximate surface area is 71.4 Å². The molecule has 1 fully saturated rings. The van der Waals surface area contributed by atoms with Crippen LogP contribution >= 0.6 is 0 Å². The maximum atomic E-state index is 4.99. The molecule has 12 heavy (non-hydrogen) atoms. The summed E-state index contributed by atoms with van der Waals surface area (Å²) < 4.78 is 4.99. The Kier molecular flexibility index (Phi) is 2.08. The molecule has 1 unspecified atom stereocenters. The lowest BCUT2D eigenvalue weighted by molar-refractivity contribution is 0.324. The van der Waals surface area contributed by atoms with Crippen molar-refractivity contribution in [3.63, 3.8) is 0 Å². The molecule has 1 heterocycles. The summed E-state index contributed by atoms with van der Waals surface area (Å²) >= 11 is 0. The average Bonchev–Trinajstić information content (AvgIpc) is 2.74. The second kappa shape index (κ2) is 3.23. The highest BCUT2D eigenvalue weighted by Gasteiger charge is 2.26. The van der Waals surface area contributed by atoms with E-state index in [-0.39, 0.29) is 6.04 Å². The van der Waals surface area contributed by atoms with E-state index in [4.69, 9.17) is 4.52 Å². The third kappa shape index (κ3) is 1.64. The van der Waals surface area contributed by atoms with Crippen LogP contribution < -0.4 is 5.32 Å². The largest absolute Gasteiger partial charge is 0.338 e. The van der Waals surface area contributed by atoms with Crippen LogP contribution in [0, 0.1) is 0 Å². The normalized spacial score (nSPS) is 19.4. The fraction of sp³-hybridized carbons (Fsp3) is 0.750. The zero-order valence-electron chi connectivity index (χ0n) is 7.16. The topological polar surface area (TPSA) is 51.0 Å². The molecule has 0 radical (unpaired) electrons. The van der Waals surface area contributed by atoms with Gasteiger partial charge in [0.25, 0.3) is 0 Å². The van der Waals surface area contributed by atoms with Gasteiger partial charge in [-0.15, -0.1) is 0 Å². The van der Waals surface area contributed by atoms with Crippen molar-refractivity contribution in [2.75, 3.05) is 0 Å². The molecule has 1 saturated carbocycles. The molecule has 0 aromatic carbocycles. The zero-order valence-corrected chi connectivity index (χ0v) is 7.16. The van der Waals surface area contributed by atoms with E-state index in [2.05, 4.69) is 22.4 Å². The van der Waals surface area contributed by atoms with Gasteiger partial charge >= 0.3 is 0 Å². The van der Waals surface area contributed by atoms with Crippen molar-refractivity contribution < 1.29 is 4.52 Å². The molecule has 0 amide bonds. The minimum Gasteiger partial charge on any atom is -0.338 e. The van der Waals surface area contributed by atoms with Gasteiger partial charge in [0, 0.05) is 6.04 Å². The van der Waals surface area contributed by atoms with Crippen LogP contribution in [0.25, 0.3) is 0 Å². The molecule has 4 heteroatoms. The summed E-state index contributed by atoms with van der Waals surface area (Å²) in [4.78, 5) is 4.03. The van der Waals surface area contributed by atoms with Gasteiger partial charge < -0.3 is 9.84 Å². The van der Waals surface area contributed by atoms with Crippen LogP contribution in [0.1, 0.15) is 38.1 Å². The molecule has 1 atom stereocenters. The number of nitrogens with one attached hydrogen (secondary N) is 1. The Hall–Kier alpha value is -0.900. The van der Waals surface area contributed by atoms with E-state index in [0.29, 0.717) is 11.9 Å². The van der Waals surface area contributed by atoms with E-state index in [0.717, 1.165) is 6.42 Å². The lowest BCUT2D eigenvalue weighted by Gasteiger charge is -2.10. The molecule has 66 valence electrons. The van der Waals surface area contributed by atoms with Crippen LogP contribution in [0.15, 0.2) is 10.9 Å². The molecule has 1 aromatic rings. The highest BCUT2D eigenvalue weighted by molar-refractivity contribution is 4.92. The number of hydrogen-bond donors (Lipinski definition) is 1. The van der Waals surface area contributed by atoms with Gasteiger partial charge in [0.1, 0.15) is 0 Å². The molecular weight excluding hydrogens is 154 g/mol. The quantitative estimate of drug-likeness (QED) is 0.733. The predicted molar refractivity (Wildman–Crippen MR) is 43.5 cm³/mol. The Balaban J connectivity index is 1.97. The van der Waals surface area contributed by atoms with Crippen LogP contribution in [-0.2, 0) is 0 Å². The maximum Gasteiger partial charge on any atom is 0.243 e. The summed E-state index contributed by atoms with van der Waals surface area (Å²) in [6.45, 7) is 2.12. The van der Waals surface area contributed by atoms with Gasteiger partial charge in [-0.1, -0.05) is 12.1 Å². The maximum absolute atomic E-state index is 4.99. The minimum absolute atomic E-state index is 0.250. The summed E-state index contributed by atoms with van der Waals surface area (Å²) in [6.07, 6.45) is 5.01. The number of hydrogen-bond acceptors (Lipinski definition) is 4. The minimum atomic E-state index is 0.250. The number of nitrogens with zero attached hydrogens (tertiary/aromatic N) is 2. The molecule has 0 saturated heterocycles. The van der Waals surface area contributed by atoms with Gasteiger partial charge in [-0.05, 0) is 19.3 Å². The van der Waals surface area contributed by atoms with Gasteiger partial charge in [-0.3, -0.25) is 0 Å². The fourth-order valence-corrected chi connectivity index (χ4v) is 1.23. The summed E-state index contributed by atoms with van der Waals surface area (Å²) in [6, 6.07) is 0.932. The van der Waals surface area contributed by atoms with Crippen LogP contribution in [0.5, 0.6) is 0 Å².